The number of carbonyl (C=O) groups is 1. The molecular formula is C13H15NO2. The molecule has 84 valence electrons. The Morgan fingerprint density at radius 3 is 2.88 bits per heavy atom. The van der Waals surface area contributed by atoms with Gasteiger partial charge in [0.1, 0.15) is 0 Å². The van der Waals surface area contributed by atoms with Crippen molar-refractivity contribution in [3.8, 4) is 0 Å². The third-order valence-electron chi connectivity index (χ3n) is 2.89. The maximum absolute atomic E-state index is 10.6. The molecule has 0 aliphatic heterocycles. The summed E-state index contributed by atoms with van der Waals surface area (Å²) >= 11 is 0. The monoisotopic (exact) mass is 217 g/mol. The van der Waals surface area contributed by atoms with E-state index in [2.05, 4.69) is 23.8 Å². The van der Waals surface area contributed by atoms with E-state index in [0.717, 1.165) is 11.1 Å². The number of hydrogen-bond donors (Lipinski definition) is 1. The van der Waals surface area contributed by atoms with Gasteiger partial charge in [0.15, 0.2) is 0 Å². The Morgan fingerprint density at radius 2 is 2.19 bits per heavy atom. The lowest BCUT2D eigenvalue weighted by molar-refractivity contribution is -0.136. The fraction of sp³-hybridized carbons (Fsp3) is 0.308. The number of hydrogen-bond acceptors (Lipinski definition) is 1. The minimum atomic E-state index is -0.747. The molecule has 0 aliphatic carbocycles. The Kier molecular flexibility index (Phi) is 2.69. The number of para-hydroxylation sites is 1. The molecule has 3 heteroatoms. The smallest absolute Gasteiger partial charge is 0.303 e. The van der Waals surface area contributed by atoms with Crippen LogP contribution in [0.5, 0.6) is 0 Å². The third-order valence-corrected chi connectivity index (χ3v) is 2.89. The SMILES string of the molecule is Cc1cn(C)c2c(CCC(=O)O)cccc12. The number of benzene rings is 1. The molecule has 0 fully saturated rings. The lowest BCUT2D eigenvalue weighted by atomic mass is 10.1. The zero-order chi connectivity index (χ0) is 11.7. The maximum atomic E-state index is 10.6. The number of aromatic nitrogens is 1. The number of carboxylic acid groups (broad SMARTS) is 1. The van der Waals surface area contributed by atoms with Gasteiger partial charge in [-0.15, -0.1) is 0 Å². The van der Waals surface area contributed by atoms with Gasteiger partial charge in [0.2, 0.25) is 0 Å². The van der Waals surface area contributed by atoms with Crippen LogP contribution in [0.15, 0.2) is 24.4 Å². The second kappa shape index (κ2) is 4.00. The summed E-state index contributed by atoms with van der Waals surface area (Å²) < 4.78 is 2.07. The number of fused-ring (bicyclic) bond motifs is 1. The molecule has 0 atom stereocenters. The molecule has 0 saturated carbocycles. The number of aryl methyl sites for hydroxylation is 3. The molecular weight excluding hydrogens is 202 g/mol. The molecule has 0 saturated heterocycles. The molecule has 0 aliphatic rings. The zero-order valence-corrected chi connectivity index (χ0v) is 9.53. The standard InChI is InChI=1S/C13H15NO2/c1-9-8-14(2)13-10(6-7-12(15)16)4-3-5-11(9)13/h3-5,8H,6-7H2,1-2H3,(H,15,16). The summed E-state index contributed by atoms with van der Waals surface area (Å²) in [6, 6.07) is 6.08. The van der Waals surface area contributed by atoms with Crippen LogP contribution in [-0.4, -0.2) is 15.6 Å². The van der Waals surface area contributed by atoms with E-state index in [1.54, 1.807) is 0 Å². The summed E-state index contributed by atoms with van der Waals surface area (Å²) in [6.07, 6.45) is 2.85. The fourth-order valence-electron chi connectivity index (χ4n) is 2.19. The molecule has 0 unspecified atom stereocenters. The van der Waals surface area contributed by atoms with Crippen LogP contribution in [0.4, 0.5) is 0 Å². The first-order valence-electron chi connectivity index (χ1n) is 5.35. The van der Waals surface area contributed by atoms with Crippen molar-refractivity contribution in [2.45, 2.75) is 19.8 Å². The summed E-state index contributed by atoms with van der Waals surface area (Å²) in [5, 5.41) is 9.93. The van der Waals surface area contributed by atoms with Crippen molar-refractivity contribution in [1.82, 2.24) is 4.57 Å². The van der Waals surface area contributed by atoms with Gasteiger partial charge in [0.25, 0.3) is 0 Å². The van der Waals surface area contributed by atoms with Gasteiger partial charge < -0.3 is 9.67 Å². The molecule has 2 aromatic rings. The maximum Gasteiger partial charge on any atom is 0.303 e. The van der Waals surface area contributed by atoms with E-state index >= 15 is 0 Å². The molecule has 2 rings (SSSR count). The van der Waals surface area contributed by atoms with Crippen molar-refractivity contribution in [2.75, 3.05) is 0 Å². The molecule has 3 nitrogen and oxygen atoms in total. The van der Waals surface area contributed by atoms with E-state index in [1.807, 2.05) is 19.2 Å². The average molecular weight is 217 g/mol. The second-order valence-electron chi connectivity index (χ2n) is 4.13. The topological polar surface area (TPSA) is 42.2 Å². The molecule has 1 aromatic carbocycles. The van der Waals surface area contributed by atoms with Crippen LogP contribution in [-0.2, 0) is 18.3 Å². The van der Waals surface area contributed by atoms with Gasteiger partial charge in [-0.25, -0.2) is 0 Å². The first-order chi connectivity index (χ1) is 7.59. The van der Waals surface area contributed by atoms with Crippen molar-refractivity contribution in [2.24, 2.45) is 7.05 Å². The molecule has 0 spiro atoms. The van der Waals surface area contributed by atoms with Crippen molar-refractivity contribution < 1.29 is 9.90 Å². The first-order valence-corrected chi connectivity index (χ1v) is 5.35. The minimum absolute atomic E-state index is 0.184. The van der Waals surface area contributed by atoms with Gasteiger partial charge in [-0.3, -0.25) is 4.79 Å². The van der Waals surface area contributed by atoms with Crippen LogP contribution in [0.2, 0.25) is 0 Å². The van der Waals surface area contributed by atoms with Crippen molar-refractivity contribution in [3.63, 3.8) is 0 Å². The first kappa shape index (κ1) is 10.7. The Balaban J connectivity index is 2.48. The summed E-state index contributed by atoms with van der Waals surface area (Å²) in [4.78, 5) is 10.6. The van der Waals surface area contributed by atoms with Gasteiger partial charge in [-0.05, 0) is 24.5 Å². The number of carboxylic acids is 1. The van der Waals surface area contributed by atoms with E-state index in [0.29, 0.717) is 6.42 Å². The van der Waals surface area contributed by atoms with Crippen LogP contribution >= 0.6 is 0 Å². The molecule has 0 radical (unpaired) electrons. The summed E-state index contributed by atoms with van der Waals surface area (Å²) in [6.45, 7) is 2.07. The summed E-state index contributed by atoms with van der Waals surface area (Å²) in [5.41, 5.74) is 3.49. The van der Waals surface area contributed by atoms with E-state index in [-0.39, 0.29) is 6.42 Å². The largest absolute Gasteiger partial charge is 0.481 e. The highest BCUT2D eigenvalue weighted by Gasteiger charge is 2.08. The highest BCUT2D eigenvalue weighted by Crippen LogP contribution is 2.24. The average Bonchev–Trinajstić information content (AvgIpc) is 2.52. The van der Waals surface area contributed by atoms with Crippen LogP contribution in [0.3, 0.4) is 0 Å². The van der Waals surface area contributed by atoms with E-state index in [9.17, 15) is 4.79 Å². The lowest BCUT2D eigenvalue weighted by Crippen LogP contribution is -1.99. The lowest BCUT2D eigenvalue weighted by Gasteiger charge is -2.04. The molecule has 1 aromatic heterocycles. The summed E-state index contributed by atoms with van der Waals surface area (Å²) in [7, 11) is 2.00. The molecule has 0 amide bonds. The zero-order valence-electron chi connectivity index (χ0n) is 9.53. The Hall–Kier alpha value is -1.77. The minimum Gasteiger partial charge on any atom is -0.481 e. The number of aliphatic carboxylic acids is 1. The predicted molar refractivity (Wildman–Crippen MR) is 63.6 cm³/mol. The van der Waals surface area contributed by atoms with Crippen LogP contribution in [0.25, 0.3) is 10.9 Å². The number of nitrogens with zero attached hydrogens (tertiary/aromatic N) is 1. The third kappa shape index (κ3) is 1.81. The van der Waals surface area contributed by atoms with E-state index in [1.165, 1.54) is 10.9 Å². The molecule has 1 heterocycles. The second-order valence-corrected chi connectivity index (χ2v) is 4.13. The molecule has 0 bridgehead atoms. The van der Waals surface area contributed by atoms with Crippen LogP contribution < -0.4 is 0 Å². The quantitative estimate of drug-likeness (QED) is 0.858. The van der Waals surface area contributed by atoms with Gasteiger partial charge in [0.05, 0.1) is 5.52 Å². The van der Waals surface area contributed by atoms with Crippen LogP contribution in [0, 0.1) is 6.92 Å². The fourth-order valence-corrected chi connectivity index (χ4v) is 2.19. The number of rotatable bonds is 3. The van der Waals surface area contributed by atoms with Crippen LogP contribution in [0.1, 0.15) is 17.5 Å². The van der Waals surface area contributed by atoms with E-state index in [4.69, 9.17) is 5.11 Å². The van der Waals surface area contributed by atoms with E-state index < -0.39 is 5.97 Å². The summed E-state index contributed by atoms with van der Waals surface area (Å²) in [5.74, 6) is -0.747. The van der Waals surface area contributed by atoms with Gasteiger partial charge >= 0.3 is 5.97 Å². The molecule has 16 heavy (non-hydrogen) atoms. The van der Waals surface area contributed by atoms with Crippen molar-refractivity contribution in [1.29, 1.82) is 0 Å². The predicted octanol–water partition coefficient (Wildman–Crippen LogP) is 2.50. The Morgan fingerprint density at radius 1 is 1.44 bits per heavy atom. The Bertz CT molecular complexity index is 540. The highest BCUT2D eigenvalue weighted by molar-refractivity contribution is 5.86. The Labute approximate surface area is 94.3 Å². The molecule has 1 N–H and O–H groups in total. The van der Waals surface area contributed by atoms with Crippen molar-refractivity contribution in [3.05, 3.63) is 35.5 Å². The van der Waals surface area contributed by atoms with Gasteiger partial charge in [-0.2, -0.15) is 0 Å². The normalized spacial score (nSPS) is 10.9. The van der Waals surface area contributed by atoms with Gasteiger partial charge in [0, 0.05) is 25.1 Å². The highest BCUT2D eigenvalue weighted by atomic mass is 16.4. The van der Waals surface area contributed by atoms with Gasteiger partial charge in [-0.1, -0.05) is 18.2 Å². The van der Waals surface area contributed by atoms with Crippen molar-refractivity contribution >= 4 is 16.9 Å².